The molecule has 3 aromatic rings. The van der Waals surface area contributed by atoms with Gasteiger partial charge in [-0.3, -0.25) is 9.59 Å². The van der Waals surface area contributed by atoms with E-state index in [0.717, 1.165) is 22.4 Å². The third-order valence-electron chi connectivity index (χ3n) is 5.88. The zero-order chi connectivity index (χ0) is 27.9. The van der Waals surface area contributed by atoms with Gasteiger partial charge in [0.2, 0.25) is 5.91 Å². The number of anilines is 1. The zero-order valence-electron chi connectivity index (χ0n) is 21.4. The molecule has 0 aromatic heterocycles. The first-order valence-corrected chi connectivity index (χ1v) is 13.5. The normalized spacial score (nSPS) is 13.9. The minimum absolute atomic E-state index is 0.0472. The van der Waals surface area contributed by atoms with E-state index in [-0.39, 0.29) is 5.70 Å². The van der Waals surface area contributed by atoms with Crippen molar-refractivity contribution >= 4 is 57.1 Å². The smallest absolute Gasteiger partial charge is 0.329 e. The molecular weight excluding hydrogens is 586 g/mol. The minimum atomic E-state index is -0.669. The van der Waals surface area contributed by atoms with Crippen molar-refractivity contribution in [2.24, 2.45) is 0 Å². The number of para-hydroxylation sites is 1. The van der Waals surface area contributed by atoms with E-state index in [0.29, 0.717) is 45.5 Å². The molecule has 0 unspecified atom stereocenters. The highest BCUT2D eigenvalue weighted by Crippen LogP contribution is 2.38. The summed E-state index contributed by atoms with van der Waals surface area (Å²) in [4.78, 5) is 39.0. The molecule has 0 radical (unpaired) electrons. The molecule has 2 N–H and O–H groups in total. The quantitative estimate of drug-likeness (QED) is 0.211. The van der Waals surface area contributed by atoms with Crippen LogP contribution in [0, 0.1) is 0 Å². The Bertz CT molecular complexity index is 1420. The number of benzene rings is 3. The highest BCUT2D eigenvalue weighted by atomic mass is 79.9. The second-order valence-electron chi connectivity index (χ2n) is 8.62. The van der Waals surface area contributed by atoms with Crippen LogP contribution in [0.5, 0.6) is 11.5 Å². The molecule has 1 aliphatic rings. The Hall–Kier alpha value is -3.82. The van der Waals surface area contributed by atoms with E-state index in [1.807, 2.05) is 44.2 Å². The Morgan fingerprint density at radius 1 is 1.08 bits per heavy atom. The van der Waals surface area contributed by atoms with E-state index in [1.54, 1.807) is 30.3 Å². The summed E-state index contributed by atoms with van der Waals surface area (Å²) in [5, 5.41) is 5.97. The fourth-order valence-corrected chi connectivity index (χ4v) is 4.68. The molecule has 4 rings (SSSR count). The SMILES string of the molecule is CCOc1cc(/C=C2/NC(=O)N(CC(=O)Nc3ccccc3CC)C2=O)cc(Br)c1OCc1ccc(Cl)cc1. The van der Waals surface area contributed by atoms with Gasteiger partial charge in [-0.1, -0.05) is 48.9 Å². The van der Waals surface area contributed by atoms with E-state index < -0.39 is 24.4 Å². The number of rotatable bonds is 10. The number of aryl methyl sites for hydroxylation is 1. The first kappa shape index (κ1) is 28.2. The molecule has 0 spiro atoms. The van der Waals surface area contributed by atoms with E-state index in [2.05, 4.69) is 26.6 Å². The Balaban J connectivity index is 1.49. The van der Waals surface area contributed by atoms with Gasteiger partial charge in [-0.2, -0.15) is 0 Å². The summed E-state index contributed by atoms with van der Waals surface area (Å²) in [7, 11) is 0. The molecule has 1 saturated heterocycles. The average molecular weight is 613 g/mol. The van der Waals surface area contributed by atoms with Gasteiger partial charge in [-0.25, -0.2) is 9.69 Å². The van der Waals surface area contributed by atoms with Gasteiger partial charge < -0.3 is 20.1 Å². The number of carbonyl (C=O) groups excluding carboxylic acids is 3. The van der Waals surface area contributed by atoms with Crippen LogP contribution in [0.3, 0.4) is 0 Å². The van der Waals surface area contributed by atoms with Crippen LogP contribution in [0.25, 0.3) is 6.08 Å². The number of carbonyl (C=O) groups is 3. The van der Waals surface area contributed by atoms with Gasteiger partial charge >= 0.3 is 6.03 Å². The van der Waals surface area contributed by atoms with Crippen molar-refractivity contribution in [2.45, 2.75) is 26.9 Å². The van der Waals surface area contributed by atoms with Crippen LogP contribution in [0.2, 0.25) is 5.02 Å². The first-order chi connectivity index (χ1) is 18.8. The number of ether oxygens (including phenoxy) is 2. The van der Waals surface area contributed by atoms with Gasteiger partial charge in [0.1, 0.15) is 18.8 Å². The number of nitrogens with zero attached hydrogens (tertiary/aromatic N) is 1. The van der Waals surface area contributed by atoms with E-state index in [1.165, 1.54) is 6.08 Å². The van der Waals surface area contributed by atoms with Crippen LogP contribution in [-0.2, 0) is 22.6 Å². The molecule has 1 fully saturated rings. The lowest BCUT2D eigenvalue weighted by Crippen LogP contribution is -2.38. The Labute approximate surface area is 240 Å². The summed E-state index contributed by atoms with van der Waals surface area (Å²) in [5.41, 5.74) is 3.18. The number of imide groups is 1. The molecule has 39 heavy (non-hydrogen) atoms. The average Bonchev–Trinajstić information content (AvgIpc) is 3.16. The lowest BCUT2D eigenvalue weighted by molar-refractivity contribution is -0.127. The number of amides is 4. The largest absolute Gasteiger partial charge is 0.490 e. The van der Waals surface area contributed by atoms with E-state index in [4.69, 9.17) is 21.1 Å². The van der Waals surface area contributed by atoms with Crippen LogP contribution in [0.15, 0.2) is 70.8 Å². The predicted molar refractivity (Wildman–Crippen MR) is 154 cm³/mol. The molecule has 1 heterocycles. The van der Waals surface area contributed by atoms with Gasteiger partial charge in [-0.05, 0) is 82.4 Å². The molecular formula is C29H27BrClN3O5. The van der Waals surface area contributed by atoms with Gasteiger partial charge in [0.25, 0.3) is 5.91 Å². The Kier molecular flexibility index (Phi) is 9.27. The second-order valence-corrected chi connectivity index (χ2v) is 9.91. The van der Waals surface area contributed by atoms with Crippen molar-refractivity contribution in [2.75, 3.05) is 18.5 Å². The fourth-order valence-electron chi connectivity index (χ4n) is 3.98. The maximum absolute atomic E-state index is 13.0. The number of hydrogen-bond acceptors (Lipinski definition) is 5. The standard InChI is InChI=1S/C29H27BrClN3O5/c1-3-20-7-5-6-8-23(20)32-26(35)16-34-28(36)24(33-29(34)37)14-19-13-22(30)27(25(15-19)38-4-2)39-17-18-9-11-21(31)12-10-18/h5-15H,3-4,16-17H2,1-2H3,(H,32,35)(H,33,37)/b24-14+. The van der Waals surface area contributed by atoms with Crippen LogP contribution in [-0.4, -0.2) is 35.9 Å². The van der Waals surface area contributed by atoms with E-state index >= 15 is 0 Å². The van der Waals surface area contributed by atoms with Crippen molar-refractivity contribution < 1.29 is 23.9 Å². The monoisotopic (exact) mass is 611 g/mol. The molecule has 202 valence electrons. The molecule has 0 atom stereocenters. The summed E-state index contributed by atoms with van der Waals surface area (Å²) < 4.78 is 12.4. The van der Waals surface area contributed by atoms with Crippen LogP contribution >= 0.6 is 27.5 Å². The van der Waals surface area contributed by atoms with Crippen LogP contribution < -0.4 is 20.1 Å². The summed E-state index contributed by atoms with van der Waals surface area (Å²) in [6.07, 6.45) is 2.26. The van der Waals surface area contributed by atoms with E-state index in [9.17, 15) is 14.4 Å². The minimum Gasteiger partial charge on any atom is -0.490 e. The fraction of sp³-hybridized carbons (Fsp3) is 0.207. The number of nitrogens with one attached hydrogen (secondary N) is 2. The highest BCUT2D eigenvalue weighted by Gasteiger charge is 2.35. The molecule has 3 aromatic carbocycles. The number of halogens is 2. The molecule has 0 saturated carbocycles. The predicted octanol–water partition coefficient (Wildman–Crippen LogP) is 6.17. The molecule has 8 nitrogen and oxygen atoms in total. The maximum atomic E-state index is 13.0. The Morgan fingerprint density at radius 3 is 2.54 bits per heavy atom. The highest BCUT2D eigenvalue weighted by molar-refractivity contribution is 9.10. The van der Waals surface area contributed by atoms with Crippen LogP contribution in [0.1, 0.15) is 30.5 Å². The van der Waals surface area contributed by atoms with Gasteiger partial charge in [-0.15, -0.1) is 0 Å². The van der Waals surface area contributed by atoms with Crippen molar-refractivity contribution in [1.29, 1.82) is 0 Å². The number of urea groups is 1. The van der Waals surface area contributed by atoms with Gasteiger partial charge in [0, 0.05) is 10.7 Å². The topological polar surface area (TPSA) is 97.0 Å². The van der Waals surface area contributed by atoms with Crippen molar-refractivity contribution in [3.8, 4) is 11.5 Å². The lowest BCUT2D eigenvalue weighted by Gasteiger charge is -2.15. The first-order valence-electron chi connectivity index (χ1n) is 12.3. The van der Waals surface area contributed by atoms with Crippen molar-refractivity contribution in [3.05, 3.63) is 92.5 Å². The van der Waals surface area contributed by atoms with Crippen molar-refractivity contribution in [3.63, 3.8) is 0 Å². The molecule has 10 heteroatoms. The molecule has 4 amide bonds. The molecule has 0 aliphatic carbocycles. The third kappa shape index (κ3) is 6.99. The summed E-state index contributed by atoms with van der Waals surface area (Å²) in [5.74, 6) is -0.100. The maximum Gasteiger partial charge on any atom is 0.329 e. The summed E-state index contributed by atoms with van der Waals surface area (Å²) in [6.45, 7) is 4.11. The molecule has 0 bridgehead atoms. The van der Waals surface area contributed by atoms with Gasteiger partial charge in [0.05, 0.1) is 11.1 Å². The number of hydrogen-bond donors (Lipinski definition) is 2. The second kappa shape index (κ2) is 12.8. The molecule has 1 aliphatic heterocycles. The van der Waals surface area contributed by atoms with Crippen LogP contribution in [0.4, 0.5) is 10.5 Å². The Morgan fingerprint density at radius 2 is 1.82 bits per heavy atom. The zero-order valence-corrected chi connectivity index (χ0v) is 23.8. The van der Waals surface area contributed by atoms with Gasteiger partial charge in [0.15, 0.2) is 11.5 Å². The summed E-state index contributed by atoms with van der Waals surface area (Å²) >= 11 is 9.48. The summed E-state index contributed by atoms with van der Waals surface area (Å²) in [6, 6.07) is 17.5. The third-order valence-corrected chi connectivity index (χ3v) is 6.72. The lowest BCUT2D eigenvalue weighted by atomic mass is 10.1. The van der Waals surface area contributed by atoms with Crippen molar-refractivity contribution in [1.82, 2.24) is 10.2 Å².